The van der Waals surface area contributed by atoms with Crippen LogP contribution in [0.3, 0.4) is 0 Å². The van der Waals surface area contributed by atoms with Gasteiger partial charge < -0.3 is 5.73 Å². The third-order valence-corrected chi connectivity index (χ3v) is 3.62. The van der Waals surface area contributed by atoms with Gasteiger partial charge in [0.25, 0.3) is 0 Å². The van der Waals surface area contributed by atoms with Gasteiger partial charge in [-0.3, -0.25) is 0 Å². The summed E-state index contributed by atoms with van der Waals surface area (Å²) in [7, 11) is 0. The van der Waals surface area contributed by atoms with Gasteiger partial charge in [0.05, 0.1) is 0 Å². The van der Waals surface area contributed by atoms with E-state index in [1.807, 2.05) is 0 Å². The Bertz CT molecular complexity index is 302. The monoisotopic (exact) mass is 247 g/mol. The van der Waals surface area contributed by atoms with Crippen molar-refractivity contribution < 1.29 is 0 Å². The largest absolute Gasteiger partial charge is 0.324 e. The van der Waals surface area contributed by atoms with E-state index in [2.05, 4.69) is 38.1 Å². The molecule has 1 aromatic rings. The molecule has 1 aromatic carbocycles. The van der Waals surface area contributed by atoms with Crippen LogP contribution in [0.2, 0.25) is 0 Å². The van der Waals surface area contributed by atoms with Crippen molar-refractivity contribution in [3.63, 3.8) is 0 Å². The third-order valence-electron chi connectivity index (χ3n) is 3.62. The van der Waals surface area contributed by atoms with Crippen LogP contribution in [0.5, 0.6) is 0 Å². The molecule has 0 aromatic heterocycles. The molecule has 1 unspecified atom stereocenters. The molecule has 0 saturated heterocycles. The van der Waals surface area contributed by atoms with Gasteiger partial charge in [0, 0.05) is 6.04 Å². The molecule has 0 saturated carbocycles. The number of nitrogens with two attached hydrogens (primary N) is 1. The van der Waals surface area contributed by atoms with E-state index in [1.54, 1.807) is 0 Å². The summed E-state index contributed by atoms with van der Waals surface area (Å²) in [6.07, 6.45) is 10.6. The second kappa shape index (κ2) is 9.16. The van der Waals surface area contributed by atoms with Crippen molar-refractivity contribution in [1.82, 2.24) is 0 Å². The van der Waals surface area contributed by atoms with E-state index in [0.717, 1.165) is 6.42 Å². The van der Waals surface area contributed by atoms with Crippen LogP contribution in [0.15, 0.2) is 24.3 Å². The first-order chi connectivity index (χ1) is 8.74. The maximum absolute atomic E-state index is 6.21. The molecule has 1 nitrogen and oxygen atoms in total. The van der Waals surface area contributed by atoms with Gasteiger partial charge in [-0.25, -0.2) is 0 Å². The molecule has 18 heavy (non-hydrogen) atoms. The minimum atomic E-state index is 0.223. The van der Waals surface area contributed by atoms with Gasteiger partial charge in [-0.2, -0.15) is 0 Å². The fourth-order valence-electron chi connectivity index (χ4n) is 2.30. The molecule has 102 valence electrons. The van der Waals surface area contributed by atoms with E-state index in [-0.39, 0.29) is 6.04 Å². The number of rotatable bonds is 9. The Kier molecular flexibility index (Phi) is 7.75. The lowest BCUT2D eigenvalue weighted by Crippen LogP contribution is -2.09. The first kappa shape index (κ1) is 15.2. The van der Waals surface area contributed by atoms with Gasteiger partial charge in [-0.1, -0.05) is 81.7 Å². The fourth-order valence-corrected chi connectivity index (χ4v) is 2.30. The number of hydrogen-bond acceptors (Lipinski definition) is 1. The van der Waals surface area contributed by atoms with E-state index >= 15 is 0 Å². The van der Waals surface area contributed by atoms with Gasteiger partial charge in [-0.05, 0) is 18.9 Å². The highest BCUT2D eigenvalue weighted by Gasteiger charge is 2.04. The van der Waals surface area contributed by atoms with Gasteiger partial charge in [0.1, 0.15) is 0 Å². The summed E-state index contributed by atoms with van der Waals surface area (Å²) < 4.78 is 0. The van der Waals surface area contributed by atoms with Crippen LogP contribution in [-0.2, 0) is 0 Å². The predicted octanol–water partition coefficient (Wildman–Crippen LogP) is 5.14. The van der Waals surface area contributed by atoms with Gasteiger partial charge in [-0.15, -0.1) is 0 Å². The molecule has 1 heteroatoms. The average molecular weight is 247 g/mol. The van der Waals surface area contributed by atoms with Gasteiger partial charge >= 0.3 is 0 Å². The molecule has 0 aliphatic carbocycles. The lowest BCUT2D eigenvalue weighted by Gasteiger charge is -2.12. The summed E-state index contributed by atoms with van der Waals surface area (Å²) in [5.41, 5.74) is 8.80. The van der Waals surface area contributed by atoms with Crippen molar-refractivity contribution in [2.75, 3.05) is 0 Å². The Morgan fingerprint density at radius 3 is 2.06 bits per heavy atom. The zero-order valence-corrected chi connectivity index (χ0v) is 12.1. The molecule has 1 atom stereocenters. The number of aryl methyl sites for hydroxylation is 1. The van der Waals surface area contributed by atoms with E-state index in [0.29, 0.717) is 0 Å². The minimum absolute atomic E-state index is 0.223. The SMILES string of the molecule is CCCCCCCCCC(N)c1ccc(C)cc1. The first-order valence-corrected chi connectivity index (χ1v) is 7.56. The normalized spacial score (nSPS) is 12.6. The number of benzene rings is 1. The summed E-state index contributed by atoms with van der Waals surface area (Å²) in [5, 5.41) is 0. The topological polar surface area (TPSA) is 26.0 Å². The van der Waals surface area contributed by atoms with Crippen molar-refractivity contribution in [2.45, 2.75) is 71.3 Å². The molecule has 0 aliphatic rings. The quantitative estimate of drug-likeness (QED) is 0.601. The third kappa shape index (κ3) is 6.20. The predicted molar refractivity (Wildman–Crippen MR) is 80.7 cm³/mol. The van der Waals surface area contributed by atoms with Gasteiger partial charge in [0.2, 0.25) is 0 Å². The summed E-state index contributed by atoms with van der Waals surface area (Å²) in [5.74, 6) is 0. The highest BCUT2D eigenvalue weighted by molar-refractivity contribution is 5.23. The molecule has 0 fully saturated rings. The van der Waals surface area contributed by atoms with Gasteiger partial charge in [0.15, 0.2) is 0 Å². The molecule has 0 radical (unpaired) electrons. The molecule has 0 spiro atoms. The van der Waals surface area contributed by atoms with Crippen molar-refractivity contribution in [3.8, 4) is 0 Å². The Labute approximate surface area is 113 Å². The zero-order valence-electron chi connectivity index (χ0n) is 12.1. The van der Waals surface area contributed by atoms with Crippen LogP contribution in [-0.4, -0.2) is 0 Å². The molecular weight excluding hydrogens is 218 g/mol. The van der Waals surface area contributed by atoms with E-state index < -0.39 is 0 Å². The van der Waals surface area contributed by atoms with Crippen LogP contribution >= 0.6 is 0 Å². The molecule has 0 aliphatic heterocycles. The van der Waals surface area contributed by atoms with Crippen LogP contribution in [0.4, 0.5) is 0 Å². The van der Waals surface area contributed by atoms with E-state index in [4.69, 9.17) is 5.73 Å². The summed E-state index contributed by atoms with van der Waals surface area (Å²) in [6.45, 7) is 4.38. The Morgan fingerprint density at radius 2 is 1.44 bits per heavy atom. The maximum atomic E-state index is 6.21. The Hall–Kier alpha value is -0.820. The second-order valence-corrected chi connectivity index (χ2v) is 5.43. The summed E-state index contributed by atoms with van der Waals surface area (Å²) in [4.78, 5) is 0. The molecule has 0 bridgehead atoms. The van der Waals surface area contributed by atoms with Crippen molar-refractivity contribution in [2.24, 2.45) is 5.73 Å². The smallest absolute Gasteiger partial charge is 0.0294 e. The molecule has 0 heterocycles. The standard InChI is InChI=1S/C17H29N/c1-3-4-5-6-7-8-9-10-17(18)16-13-11-15(2)12-14-16/h11-14,17H,3-10,18H2,1-2H3. The lowest BCUT2D eigenvalue weighted by atomic mass is 9.99. The highest BCUT2D eigenvalue weighted by Crippen LogP contribution is 2.18. The fraction of sp³-hybridized carbons (Fsp3) is 0.647. The highest BCUT2D eigenvalue weighted by atomic mass is 14.6. The van der Waals surface area contributed by atoms with Crippen molar-refractivity contribution in [3.05, 3.63) is 35.4 Å². The van der Waals surface area contributed by atoms with E-state index in [9.17, 15) is 0 Å². The van der Waals surface area contributed by atoms with Crippen LogP contribution in [0, 0.1) is 6.92 Å². The van der Waals surface area contributed by atoms with E-state index in [1.165, 1.54) is 56.1 Å². The van der Waals surface area contributed by atoms with Crippen LogP contribution < -0.4 is 5.73 Å². The Balaban J connectivity index is 2.10. The molecule has 2 N–H and O–H groups in total. The van der Waals surface area contributed by atoms with Crippen molar-refractivity contribution in [1.29, 1.82) is 0 Å². The molecule has 1 rings (SSSR count). The molecule has 0 amide bonds. The maximum Gasteiger partial charge on any atom is 0.0294 e. The van der Waals surface area contributed by atoms with Crippen LogP contribution in [0.25, 0.3) is 0 Å². The van der Waals surface area contributed by atoms with Crippen LogP contribution in [0.1, 0.15) is 75.5 Å². The van der Waals surface area contributed by atoms with Crippen molar-refractivity contribution >= 4 is 0 Å². The molecular formula is C17H29N. The zero-order chi connectivity index (χ0) is 13.2. The lowest BCUT2D eigenvalue weighted by molar-refractivity contribution is 0.541. The number of unbranched alkanes of at least 4 members (excludes halogenated alkanes) is 6. The average Bonchev–Trinajstić information content (AvgIpc) is 2.38. The first-order valence-electron chi connectivity index (χ1n) is 7.56. The summed E-state index contributed by atoms with van der Waals surface area (Å²) >= 11 is 0. The minimum Gasteiger partial charge on any atom is -0.324 e. The Morgan fingerprint density at radius 1 is 0.889 bits per heavy atom. The second-order valence-electron chi connectivity index (χ2n) is 5.43. The number of hydrogen-bond donors (Lipinski definition) is 1. The summed E-state index contributed by atoms with van der Waals surface area (Å²) in [6, 6.07) is 8.86.